The molecule has 0 saturated heterocycles. The number of aromatic hydroxyl groups is 1. The molecule has 0 aromatic heterocycles. The molecule has 0 aliphatic heterocycles. The number of nitrogens with zero attached hydrogens (tertiary/aromatic N) is 2. The van der Waals surface area contributed by atoms with Crippen molar-refractivity contribution < 1.29 is 14.6 Å². The molecule has 6 heteroatoms. The number of benzene rings is 2. The first-order valence-corrected chi connectivity index (χ1v) is 7.80. The van der Waals surface area contributed by atoms with Crippen LogP contribution in [0, 0.1) is 6.92 Å². The van der Waals surface area contributed by atoms with Gasteiger partial charge in [-0.15, -0.1) is 10.2 Å². The van der Waals surface area contributed by atoms with Crippen LogP contribution in [0.2, 0.25) is 0 Å². The second-order valence-corrected chi connectivity index (χ2v) is 5.20. The highest BCUT2D eigenvalue weighted by Crippen LogP contribution is 2.29. The summed E-state index contributed by atoms with van der Waals surface area (Å²) in [5.41, 5.74) is 2.00. The van der Waals surface area contributed by atoms with E-state index in [4.69, 9.17) is 4.74 Å². The summed E-state index contributed by atoms with van der Waals surface area (Å²) >= 11 is 0. The van der Waals surface area contributed by atoms with Crippen LogP contribution in [0.25, 0.3) is 0 Å². The minimum Gasteiger partial charge on any atom is -0.506 e. The van der Waals surface area contributed by atoms with Crippen LogP contribution < -0.4 is 5.32 Å². The zero-order valence-electron chi connectivity index (χ0n) is 13.8. The van der Waals surface area contributed by atoms with Crippen molar-refractivity contribution in [2.45, 2.75) is 13.8 Å². The number of ether oxygens (including phenoxy) is 1. The smallest absolute Gasteiger partial charge is 0.340 e. The van der Waals surface area contributed by atoms with Gasteiger partial charge in [0.1, 0.15) is 23.7 Å². The predicted molar refractivity (Wildman–Crippen MR) is 92.3 cm³/mol. The van der Waals surface area contributed by atoms with E-state index in [1.54, 1.807) is 36.4 Å². The number of hydrogen-bond donors (Lipinski definition) is 2. The fraction of sp³-hybridized carbons (Fsp3) is 0.278. The molecular weight excluding hydrogens is 306 g/mol. The largest absolute Gasteiger partial charge is 0.506 e. The Hall–Kier alpha value is -2.73. The van der Waals surface area contributed by atoms with E-state index in [0.717, 1.165) is 12.1 Å². The van der Waals surface area contributed by atoms with E-state index < -0.39 is 5.97 Å². The first kappa shape index (κ1) is 17.6. The second-order valence-electron chi connectivity index (χ2n) is 5.20. The third-order valence-corrected chi connectivity index (χ3v) is 3.28. The summed E-state index contributed by atoms with van der Waals surface area (Å²) in [6, 6.07) is 11.9. The van der Waals surface area contributed by atoms with Crippen molar-refractivity contribution in [3.63, 3.8) is 0 Å². The number of carbonyl (C=O) groups is 1. The average molecular weight is 327 g/mol. The molecule has 0 heterocycles. The molecule has 6 nitrogen and oxygen atoms in total. The van der Waals surface area contributed by atoms with E-state index in [-0.39, 0.29) is 12.4 Å². The van der Waals surface area contributed by atoms with Gasteiger partial charge >= 0.3 is 5.97 Å². The fourth-order valence-corrected chi connectivity index (χ4v) is 2.03. The van der Waals surface area contributed by atoms with E-state index in [1.165, 1.54) is 0 Å². The van der Waals surface area contributed by atoms with E-state index in [2.05, 4.69) is 15.5 Å². The Morgan fingerprint density at radius 1 is 1.17 bits per heavy atom. The molecule has 0 aliphatic carbocycles. The molecule has 24 heavy (non-hydrogen) atoms. The molecule has 126 valence electrons. The maximum absolute atomic E-state index is 12.2. The highest BCUT2D eigenvalue weighted by Gasteiger charge is 2.12. The molecule has 0 atom stereocenters. The number of aryl methyl sites for hydroxylation is 1. The molecule has 0 radical (unpaired) electrons. The SMILES string of the molecule is CCNCCOC(=O)c1ccccc1N=Nc1ccc(C)cc1O. The highest BCUT2D eigenvalue weighted by molar-refractivity contribution is 5.94. The predicted octanol–water partition coefficient (Wildman–Crippen LogP) is 3.88. The summed E-state index contributed by atoms with van der Waals surface area (Å²) in [5.74, 6) is -0.403. The van der Waals surface area contributed by atoms with Crippen LogP contribution in [-0.2, 0) is 4.74 Å². The van der Waals surface area contributed by atoms with Gasteiger partial charge in [-0.25, -0.2) is 4.79 Å². The minimum atomic E-state index is -0.449. The molecule has 0 fully saturated rings. The van der Waals surface area contributed by atoms with E-state index >= 15 is 0 Å². The number of hydrogen-bond acceptors (Lipinski definition) is 6. The Balaban J connectivity index is 2.13. The van der Waals surface area contributed by atoms with Gasteiger partial charge in [0.15, 0.2) is 0 Å². The number of nitrogens with one attached hydrogen (secondary N) is 1. The average Bonchev–Trinajstić information content (AvgIpc) is 2.58. The number of esters is 1. The van der Waals surface area contributed by atoms with E-state index in [0.29, 0.717) is 23.5 Å². The zero-order valence-corrected chi connectivity index (χ0v) is 13.8. The van der Waals surface area contributed by atoms with Crippen molar-refractivity contribution in [3.8, 4) is 5.75 Å². The number of phenolic OH excluding ortho intramolecular Hbond substituents is 1. The molecular formula is C18H21N3O3. The van der Waals surface area contributed by atoms with Gasteiger partial charge in [0.25, 0.3) is 0 Å². The highest BCUT2D eigenvalue weighted by atomic mass is 16.5. The van der Waals surface area contributed by atoms with Crippen LogP contribution in [0.15, 0.2) is 52.7 Å². The Labute approximate surface area is 141 Å². The van der Waals surface area contributed by atoms with E-state index in [1.807, 2.05) is 19.9 Å². The van der Waals surface area contributed by atoms with Gasteiger partial charge in [-0.3, -0.25) is 0 Å². The van der Waals surface area contributed by atoms with Crippen LogP contribution in [0.1, 0.15) is 22.8 Å². The molecule has 2 N–H and O–H groups in total. The fourth-order valence-electron chi connectivity index (χ4n) is 2.03. The maximum Gasteiger partial charge on any atom is 0.340 e. The van der Waals surface area contributed by atoms with Gasteiger partial charge in [-0.2, -0.15) is 0 Å². The van der Waals surface area contributed by atoms with Gasteiger partial charge in [0.2, 0.25) is 0 Å². The van der Waals surface area contributed by atoms with Crippen LogP contribution in [-0.4, -0.2) is 30.8 Å². The van der Waals surface area contributed by atoms with Crippen LogP contribution in [0.3, 0.4) is 0 Å². The summed E-state index contributed by atoms with van der Waals surface area (Å²) in [5, 5.41) is 21.0. The molecule has 2 aromatic carbocycles. The van der Waals surface area contributed by atoms with Crippen molar-refractivity contribution in [2.75, 3.05) is 19.7 Å². The third kappa shape index (κ3) is 4.89. The Bertz CT molecular complexity index is 729. The van der Waals surface area contributed by atoms with Crippen LogP contribution in [0.4, 0.5) is 11.4 Å². The quantitative estimate of drug-likeness (QED) is 0.459. The lowest BCUT2D eigenvalue weighted by Crippen LogP contribution is -2.20. The van der Waals surface area contributed by atoms with E-state index in [9.17, 15) is 9.90 Å². The zero-order chi connectivity index (χ0) is 17.4. The molecule has 0 bridgehead atoms. The van der Waals surface area contributed by atoms with Crippen molar-refractivity contribution >= 4 is 17.3 Å². The topological polar surface area (TPSA) is 83.3 Å². The standard InChI is InChI=1S/C18H21N3O3/c1-3-19-10-11-24-18(23)14-6-4-5-7-15(14)20-21-16-9-8-13(2)12-17(16)22/h4-9,12,19,22H,3,10-11H2,1-2H3. The third-order valence-electron chi connectivity index (χ3n) is 3.28. The Morgan fingerprint density at radius 3 is 2.67 bits per heavy atom. The monoisotopic (exact) mass is 327 g/mol. The summed E-state index contributed by atoms with van der Waals surface area (Å²) in [6.07, 6.45) is 0. The first-order valence-electron chi connectivity index (χ1n) is 7.80. The molecule has 2 aromatic rings. The molecule has 0 saturated carbocycles. The normalized spacial score (nSPS) is 10.9. The van der Waals surface area contributed by atoms with Gasteiger partial charge < -0.3 is 15.2 Å². The van der Waals surface area contributed by atoms with Crippen molar-refractivity contribution in [2.24, 2.45) is 10.2 Å². The molecule has 0 spiro atoms. The molecule has 2 rings (SSSR count). The summed E-state index contributed by atoms with van der Waals surface area (Å²) in [4.78, 5) is 12.2. The lowest BCUT2D eigenvalue weighted by atomic mass is 10.2. The number of carbonyl (C=O) groups excluding carboxylic acids is 1. The minimum absolute atomic E-state index is 0.0458. The Morgan fingerprint density at radius 2 is 1.92 bits per heavy atom. The Kier molecular flexibility index (Phi) is 6.45. The van der Waals surface area contributed by atoms with Crippen LogP contribution in [0.5, 0.6) is 5.75 Å². The number of likely N-dealkylation sites (N-methyl/N-ethyl adjacent to an activating group) is 1. The van der Waals surface area contributed by atoms with Crippen LogP contribution >= 0.6 is 0 Å². The second kappa shape index (κ2) is 8.79. The van der Waals surface area contributed by atoms with Crippen molar-refractivity contribution in [1.82, 2.24) is 5.32 Å². The number of phenols is 1. The molecule has 0 amide bonds. The van der Waals surface area contributed by atoms with Gasteiger partial charge in [-0.1, -0.05) is 25.1 Å². The molecule has 0 unspecified atom stereocenters. The summed E-state index contributed by atoms with van der Waals surface area (Å²) in [7, 11) is 0. The summed E-state index contributed by atoms with van der Waals surface area (Å²) < 4.78 is 5.21. The lowest BCUT2D eigenvalue weighted by molar-refractivity contribution is 0.0510. The number of azo groups is 1. The first-order chi connectivity index (χ1) is 11.6. The van der Waals surface area contributed by atoms with Gasteiger partial charge in [0, 0.05) is 6.54 Å². The number of rotatable bonds is 7. The van der Waals surface area contributed by atoms with Gasteiger partial charge in [0.05, 0.1) is 5.56 Å². The lowest BCUT2D eigenvalue weighted by Gasteiger charge is -2.07. The summed E-state index contributed by atoms with van der Waals surface area (Å²) in [6.45, 7) is 5.57. The van der Waals surface area contributed by atoms with Crippen molar-refractivity contribution in [1.29, 1.82) is 0 Å². The molecule has 0 aliphatic rings. The van der Waals surface area contributed by atoms with Crippen molar-refractivity contribution in [3.05, 3.63) is 53.6 Å². The van der Waals surface area contributed by atoms with Gasteiger partial charge in [-0.05, 0) is 43.3 Å². The maximum atomic E-state index is 12.2.